The lowest BCUT2D eigenvalue weighted by Crippen LogP contribution is -2.67. The number of benzene rings is 1. The van der Waals surface area contributed by atoms with Crippen LogP contribution in [0.3, 0.4) is 0 Å². The molecule has 43 heteroatoms. The van der Waals surface area contributed by atoms with Gasteiger partial charge in [0.1, 0.15) is 165 Å². The lowest BCUT2D eigenvalue weighted by Gasteiger charge is -2.71. The van der Waals surface area contributed by atoms with Crippen molar-refractivity contribution in [2.24, 2.45) is 50.2 Å². The number of phenolic OH excluding ortho intramolecular Hbond substituents is 2. The quantitative estimate of drug-likeness (QED) is 0.0150. The maximum atomic E-state index is 15.4. The molecule has 47 atom stereocenters. The van der Waals surface area contributed by atoms with Crippen molar-refractivity contribution in [1.29, 1.82) is 0 Å². The summed E-state index contributed by atoms with van der Waals surface area (Å²) in [6, 6.07) is 3.60. The second-order valence-electron chi connectivity index (χ2n) is 38.9. The van der Waals surface area contributed by atoms with Crippen molar-refractivity contribution in [3.63, 3.8) is 0 Å². The minimum absolute atomic E-state index is 0.00235. The van der Waals surface area contributed by atoms with Gasteiger partial charge >= 0.3 is 11.9 Å². The van der Waals surface area contributed by atoms with Gasteiger partial charge < -0.3 is 203 Å². The van der Waals surface area contributed by atoms with Gasteiger partial charge in [-0.25, -0.2) is 4.79 Å². The zero-order valence-electron chi connectivity index (χ0n) is 72.2. The largest absolute Gasteiger partial charge is 0.504 e. The minimum atomic E-state index is -2.13. The van der Waals surface area contributed by atoms with Gasteiger partial charge in [-0.2, -0.15) is 0 Å². The van der Waals surface area contributed by atoms with E-state index in [1.807, 2.05) is 6.92 Å². The molecule has 14 rings (SSSR count). The van der Waals surface area contributed by atoms with E-state index in [1.165, 1.54) is 26.0 Å². The predicted octanol–water partition coefficient (Wildman–Crippen LogP) is -6.76. The van der Waals surface area contributed by atoms with E-state index >= 15 is 4.79 Å². The summed E-state index contributed by atoms with van der Waals surface area (Å²) in [7, 11) is 0. The van der Waals surface area contributed by atoms with E-state index in [1.54, 1.807) is 0 Å². The van der Waals surface area contributed by atoms with Crippen LogP contribution in [0, 0.1) is 50.2 Å². The van der Waals surface area contributed by atoms with E-state index < -0.39 is 330 Å². The predicted molar refractivity (Wildman–Crippen MR) is 423 cm³/mol. The normalized spacial score (nSPS) is 51.0. The molecule has 8 aliphatic heterocycles. The van der Waals surface area contributed by atoms with E-state index in [0.29, 0.717) is 64.2 Å². The van der Waals surface area contributed by atoms with Crippen molar-refractivity contribution in [3.8, 4) is 11.5 Å². The van der Waals surface area contributed by atoms with Gasteiger partial charge in [-0.05, 0) is 141 Å². The number of fused-ring (bicyclic) bond motifs is 7. The maximum absolute atomic E-state index is 15.4. The molecular weight excluding hydrogens is 1710 g/mol. The molecule has 0 radical (unpaired) electrons. The van der Waals surface area contributed by atoms with Crippen LogP contribution in [0.4, 0.5) is 0 Å². The van der Waals surface area contributed by atoms with Crippen molar-refractivity contribution in [2.45, 2.75) is 359 Å². The van der Waals surface area contributed by atoms with Crippen molar-refractivity contribution < 1.29 is 213 Å². The van der Waals surface area contributed by atoms with Crippen LogP contribution in [0.25, 0.3) is 6.08 Å². The lowest BCUT2D eigenvalue weighted by molar-refractivity contribution is -0.386. The van der Waals surface area contributed by atoms with E-state index in [-0.39, 0.29) is 35.3 Å². The Labute approximate surface area is 736 Å². The molecule has 1 unspecified atom stereocenters. The number of rotatable bonds is 24. The van der Waals surface area contributed by atoms with E-state index in [4.69, 9.17) is 80.5 Å². The van der Waals surface area contributed by atoms with Gasteiger partial charge in [0, 0.05) is 11.5 Å². The second kappa shape index (κ2) is 39.1. The highest BCUT2D eigenvalue weighted by Gasteiger charge is 2.72. The molecule has 12 fully saturated rings. The van der Waals surface area contributed by atoms with Crippen molar-refractivity contribution in [3.05, 3.63) is 41.5 Å². The van der Waals surface area contributed by atoms with Crippen LogP contribution in [-0.4, -0.2) is 420 Å². The highest BCUT2D eigenvalue weighted by atomic mass is 16.8. The third-order valence-corrected chi connectivity index (χ3v) is 30.8. The van der Waals surface area contributed by atoms with Crippen LogP contribution >= 0.6 is 0 Å². The first-order chi connectivity index (χ1) is 60.3. The Morgan fingerprint density at radius 3 is 1.66 bits per heavy atom. The third kappa shape index (κ3) is 18.4. The molecule has 24 N–H and O–H groups in total. The Balaban J connectivity index is 0.601. The average molecular weight is 1840 g/mol. The van der Waals surface area contributed by atoms with E-state index in [2.05, 4.69) is 40.7 Å². The molecule has 43 nitrogen and oxygen atoms in total. The first-order valence-electron chi connectivity index (χ1n) is 44.1. The molecule has 5 aliphatic carbocycles. The SMILES string of the molecule is C[C@@H]1O[C@@H](O[C@H]2[C@H](O)[C@@H](O)[C@H](OC[C@H]3O[C@@H](OC(=O)[C@]45CCC(C)(C)C[C@H]4C4=CC[C@@H]6[C@@]7(C)CC[C@H](O[C@@H]8OC[C@H](O)[C@H](O)[C@H]8O[C@@H]8O[C@@H](C)[C@H](O)[C@@H](O[C@@H]9OC[C@@H](O[C@@H]%10O[C@H](CO)[C@@H](O[C@@H]%11O[C@H](CO)[C@@H](O)[C@H](O)[C@H]%11OC(=O)/C=C/c%11ccc(O)c(O)c%11)[C@H](O)[C@H]%10O)[C@@H](O)[C@H]9O)[C@H]8O)[C@@](C)(CO)C7CC[C@@]6(C)[C@]4(C)CC5)[C@H](O)[C@@H](O)[C@@H]3O)O[C@@H]2CO)[C@H](O)[C@H](O)[C@H]1O. The fourth-order valence-corrected chi connectivity index (χ4v) is 22.8. The van der Waals surface area contributed by atoms with Gasteiger partial charge in [-0.15, -0.1) is 0 Å². The van der Waals surface area contributed by atoms with Crippen LogP contribution < -0.4 is 0 Å². The summed E-state index contributed by atoms with van der Waals surface area (Å²) in [5, 5.41) is 265. The molecule has 0 spiro atoms. The van der Waals surface area contributed by atoms with Crippen molar-refractivity contribution in [1.82, 2.24) is 0 Å². The number of hydrogen-bond donors (Lipinski definition) is 24. The van der Waals surface area contributed by atoms with Crippen LogP contribution in [0.2, 0.25) is 0 Å². The number of ether oxygens (including phenoxy) is 17. The summed E-state index contributed by atoms with van der Waals surface area (Å²) >= 11 is 0. The van der Waals surface area contributed by atoms with Gasteiger partial charge in [0.05, 0.1) is 70.0 Å². The van der Waals surface area contributed by atoms with Crippen LogP contribution in [0.1, 0.15) is 125 Å². The Morgan fingerprint density at radius 1 is 0.453 bits per heavy atom. The summed E-state index contributed by atoms with van der Waals surface area (Å²) in [6.07, 6.45) is -58.4. The minimum Gasteiger partial charge on any atom is -0.504 e. The number of aliphatic hydroxyl groups excluding tert-OH is 22. The lowest BCUT2D eigenvalue weighted by atomic mass is 9.33. The topological polar surface area (TPSA) is 677 Å². The van der Waals surface area contributed by atoms with Gasteiger partial charge in [-0.3, -0.25) is 4.79 Å². The maximum Gasteiger partial charge on any atom is 0.331 e. The average Bonchev–Trinajstić information content (AvgIpc) is 0.672. The number of hydrogen-bond acceptors (Lipinski definition) is 43. The Hall–Kier alpha value is -4.24. The highest BCUT2D eigenvalue weighted by molar-refractivity contribution is 5.87. The molecule has 0 aromatic heterocycles. The molecule has 0 bridgehead atoms. The molecule has 728 valence electrons. The number of aliphatic hydroxyl groups is 22. The van der Waals surface area contributed by atoms with Gasteiger partial charge in [0.25, 0.3) is 0 Å². The molecule has 8 saturated heterocycles. The summed E-state index contributed by atoms with van der Waals surface area (Å²) in [5.41, 5.74) is -2.49. The molecule has 128 heavy (non-hydrogen) atoms. The molecule has 1 aromatic rings. The standard InChI is InChI=1S/C85H130O43/c1-32-49(94)55(100)61(106)73(115-32)124-66-41(26-87)118-71(63(108)58(66)103)113-29-43-53(98)56(101)62(107)75(121-43)128-79(111)85-21-19-80(3,4)24-36(85)35-11-13-46-81(5)17-16-47(82(6,31-89)45(81)15-18-84(46,8)83(35,7)20-22-85)122-77-69(51(96)39(92)28-112-77)127-76-65(110)68(50(95)33(2)116-76)126-72-60(105)54(99)44(30-114-72)120-74-64(109)59(104)67(42(27-88)119-74)125-78-70(57(102)52(97)40(25-86)117-78)123-48(93)14-10-34-9-12-37(90)38(91)23-34/h9-12,14,23,32-33,36,39-47,49-78,86-92,94-110H,13,15-22,24-31H2,1-8H3/b14-10+/t32-,33-,36-,39-,40+,41+,42+,43+,44+,45?,46+,47-,49-,50-,51-,52+,53+,54+,55+,56-,57-,58+,59+,60+,61+,62+,63+,64+,65+,66+,67+,68+,69+,70+,71+,72-,73-,74-,75-,76-,77-,78-,81-,82-,83+,84+,85-/m0/s1. The summed E-state index contributed by atoms with van der Waals surface area (Å²) in [4.78, 5) is 28.5. The molecule has 4 saturated carbocycles. The third-order valence-electron chi connectivity index (χ3n) is 30.8. The summed E-state index contributed by atoms with van der Waals surface area (Å²) in [6.45, 7) is 10.9. The van der Waals surface area contributed by atoms with Gasteiger partial charge in [0.15, 0.2) is 61.6 Å². The number of esters is 2. The number of allylic oxidation sites excluding steroid dienone is 2. The number of carbonyl (C=O) groups excluding carboxylic acids is 2. The first-order valence-corrected chi connectivity index (χ1v) is 44.1. The monoisotopic (exact) mass is 1840 g/mol. The number of phenols is 2. The van der Waals surface area contributed by atoms with Gasteiger partial charge in [0.2, 0.25) is 6.29 Å². The fourth-order valence-electron chi connectivity index (χ4n) is 22.8. The first kappa shape index (κ1) is 99.7. The van der Waals surface area contributed by atoms with Crippen LogP contribution in [0.15, 0.2) is 35.9 Å². The molecule has 1 aromatic carbocycles. The van der Waals surface area contributed by atoms with E-state index in [0.717, 1.165) is 23.8 Å². The fraction of sp³-hybridized carbons (Fsp3) is 0.859. The molecule has 0 amide bonds. The Kier molecular flexibility index (Phi) is 30.5. The molecular formula is C85H130O43. The van der Waals surface area contributed by atoms with Gasteiger partial charge in [-0.1, -0.05) is 59.3 Å². The Morgan fingerprint density at radius 2 is 1.00 bits per heavy atom. The molecule has 13 aliphatic rings. The summed E-state index contributed by atoms with van der Waals surface area (Å²) in [5.74, 6) is -3.39. The smallest absolute Gasteiger partial charge is 0.331 e. The second-order valence-corrected chi connectivity index (χ2v) is 38.9. The van der Waals surface area contributed by atoms with Crippen molar-refractivity contribution >= 4 is 18.0 Å². The molecule has 8 heterocycles. The number of aromatic hydroxyl groups is 2. The summed E-state index contributed by atoms with van der Waals surface area (Å²) < 4.78 is 101. The highest BCUT2D eigenvalue weighted by Crippen LogP contribution is 2.76. The Bertz CT molecular complexity index is 3980. The van der Waals surface area contributed by atoms with Crippen molar-refractivity contribution in [2.75, 3.05) is 46.2 Å². The van der Waals surface area contributed by atoms with E-state index in [9.17, 15) is 127 Å². The number of carbonyl (C=O) groups is 2. The zero-order chi connectivity index (χ0) is 93.0. The van der Waals surface area contributed by atoms with Crippen LogP contribution in [-0.2, 0) is 90.1 Å². The van der Waals surface area contributed by atoms with Crippen LogP contribution in [0.5, 0.6) is 11.5 Å². The zero-order valence-corrected chi connectivity index (χ0v) is 72.2.